The molecule has 2 aromatic rings. The van der Waals surface area contributed by atoms with Crippen LogP contribution in [-0.4, -0.2) is 23.4 Å². The summed E-state index contributed by atoms with van der Waals surface area (Å²) in [5.74, 6) is -1.93. The molecule has 0 fully saturated rings. The lowest BCUT2D eigenvalue weighted by atomic mass is 10.2. The van der Waals surface area contributed by atoms with E-state index < -0.39 is 29.2 Å². The van der Waals surface area contributed by atoms with Crippen molar-refractivity contribution in [2.24, 2.45) is 0 Å². The minimum Gasteiger partial charge on any atom is -0.452 e. The summed E-state index contributed by atoms with van der Waals surface area (Å²) in [5.41, 5.74) is 0.296. The number of halogens is 2. The monoisotopic (exact) mass is 396 g/mol. The summed E-state index contributed by atoms with van der Waals surface area (Å²) in [6, 6.07) is 8.61. The summed E-state index contributed by atoms with van der Waals surface area (Å²) in [7, 11) is 0. The molecule has 0 radical (unpaired) electrons. The highest BCUT2D eigenvalue weighted by Crippen LogP contribution is 2.19. The molecule has 0 unspecified atom stereocenters. The Morgan fingerprint density at radius 3 is 2.46 bits per heavy atom. The topological polar surface area (TPSA) is 98.5 Å². The summed E-state index contributed by atoms with van der Waals surface area (Å²) in [5, 5.41) is 13.0. The summed E-state index contributed by atoms with van der Waals surface area (Å²) in [4.78, 5) is 33.5. The minimum absolute atomic E-state index is 0.0829. The molecular formula is C15H10BrFN2O5. The Hall–Kier alpha value is -2.81. The van der Waals surface area contributed by atoms with Gasteiger partial charge in [0.1, 0.15) is 5.82 Å². The highest BCUT2D eigenvalue weighted by molar-refractivity contribution is 9.10. The van der Waals surface area contributed by atoms with E-state index >= 15 is 0 Å². The summed E-state index contributed by atoms with van der Waals surface area (Å²) in [6.45, 7) is -0.556. The van der Waals surface area contributed by atoms with E-state index in [4.69, 9.17) is 4.74 Å². The van der Waals surface area contributed by atoms with E-state index in [0.717, 1.165) is 12.1 Å². The predicted octanol–water partition coefficient (Wildman–Crippen LogP) is 3.29. The van der Waals surface area contributed by atoms with Gasteiger partial charge in [-0.15, -0.1) is 0 Å². The smallest absolute Gasteiger partial charge is 0.339 e. The standard InChI is InChI=1S/C15H10BrFN2O5/c16-13-7-9(17)1-6-12(13)15(21)24-8-14(20)18-10-2-4-11(5-3-10)19(22)23/h1-7H,8H2,(H,18,20). The lowest BCUT2D eigenvalue weighted by Gasteiger charge is -2.07. The van der Waals surface area contributed by atoms with Gasteiger partial charge in [0, 0.05) is 22.3 Å². The molecule has 124 valence electrons. The second kappa shape index (κ2) is 7.64. The van der Waals surface area contributed by atoms with Crippen molar-refractivity contribution in [1.82, 2.24) is 0 Å². The fourth-order valence-corrected chi connectivity index (χ4v) is 2.24. The first-order valence-electron chi connectivity index (χ1n) is 6.53. The normalized spacial score (nSPS) is 10.1. The van der Waals surface area contributed by atoms with E-state index in [-0.39, 0.29) is 15.7 Å². The molecule has 0 aliphatic rings. The Morgan fingerprint density at radius 2 is 1.88 bits per heavy atom. The van der Waals surface area contributed by atoms with Crippen molar-refractivity contribution in [3.63, 3.8) is 0 Å². The van der Waals surface area contributed by atoms with Gasteiger partial charge >= 0.3 is 5.97 Å². The SMILES string of the molecule is O=C(COC(=O)c1ccc(F)cc1Br)Nc1ccc([N+](=O)[O-])cc1. The molecule has 2 aromatic carbocycles. The number of non-ortho nitro benzene ring substituents is 1. The van der Waals surface area contributed by atoms with Gasteiger partial charge in [-0.1, -0.05) is 0 Å². The third kappa shape index (κ3) is 4.59. The molecule has 0 bridgehead atoms. The first-order chi connectivity index (χ1) is 11.4. The highest BCUT2D eigenvalue weighted by Gasteiger charge is 2.14. The molecule has 0 saturated carbocycles. The van der Waals surface area contributed by atoms with Crippen LogP contribution in [0.15, 0.2) is 46.9 Å². The van der Waals surface area contributed by atoms with Gasteiger partial charge in [0.15, 0.2) is 6.61 Å². The van der Waals surface area contributed by atoms with E-state index in [1.807, 2.05) is 0 Å². The summed E-state index contributed by atoms with van der Waals surface area (Å²) >= 11 is 3.03. The number of nitro benzene ring substituents is 1. The van der Waals surface area contributed by atoms with Crippen LogP contribution in [0.3, 0.4) is 0 Å². The van der Waals surface area contributed by atoms with Crippen molar-refractivity contribution in [2.75, 3.05) is 11.9 Å². The van der Waals surface area contributed by atoms with Crippen LogP contribution in [0.5, 0.6) is 0 Å². The van der Waals surface area contributed by atoms with E-state index in [1.54, 1.807) is 0 Å². The fraction of sp³-hybridized carbons (Fsp3) is 0.0667. The van der Waals surface area contributed by atoms with Gasteiger partial charge < -0.3 is 10.1 Å². The van der Waals surface area contributed by atoms with Gasteiger partial charge in [-0.25, -0.2) is 9.18 Å². The number of anilines is 1. The second-order valence-electron chi connectivity index (χ2n) is 4.55. The maximum Gasteiger partial charge on any atom is 0.339 e. The Bertz CT molecular complexity index is 795. The van der Waals surface area contributed by atoms with Gasteiger partial charge in [0.25, 0.3) is 11.6 Å². The minimum atomic E-state index is -0.791. The van der Waals surface area contributed by atoms with Crippen molar-refractivity contribution in [1.29, 1.82) is 0 Å². The third-order valence-electron chi connectivity index (χ3n) is 2.85. The van der Waals surface area contributed by atoms with E-state index in [2.05, 4.69) is 21.2 Å². The second-order valence-corrected chi connectivity index (χ2v) is 5.41. The van der Waals surface area contributed by atoms with Crippen LogP contribution in [0.2, 0.25) is 0 Å². The number of hydrogen-bond acceptors (Lipinski definition) is 5. The molecule has 2 rings (SSSR count). The Kier molecular flexibility index (Phi) is 5.59. The number of esters is 1. The number of carbonyl (C=O) groups is 2. The molecule has 0 atom stereocenters. The van der Waals surface area contributed by atoms with E-state index in [9.17, 15) is 24.1 Å². The van der Waals surface area contributed by atoms with Gasteiger partial charge in [0.05, 0.1) is 10.5 Å². The van der Waals surface area contributed by atoms with Crippen LogP contribution in [0, 0.1) is 15.9 Å². The van der Waals surface area contributed by atoms with E-state index in [0.29, 0.717) is 5.69 Å². The Morgan fingerprint density at radius 1 is 1.21 bits per heavy atom. The third-order valence-corrected chi connectivity index (χ3v) is 3.50. The van der Waals surface area contributed by atoms with Crippen molar-refractivity contribution in [3.8, 4) is 0 Å². The maximum absolute atomic E-state index is 13.0. The fourth-order valence-electron chi connectivity index (χ4n) is 1.73. The average Bonchev–Trinajstić information content (AvgIpc) is 2.53. The molecule has 1 N–H and O–H groups in total. The molecule has 0 saturated heterocycles. The highest BCUT2D eigenvalue weighted by atomic mass is 79.9. The van der Waals surface area contributed by atoms with Crippen molar-refractivity contribution in [3.05, 3.63) is 68.4 Å². The Balaban J connectivity index is 1.90. The maximum atomic E-state index is 13.0. The predicted molar refractivity (Wildman–Crippen MR) is 86.1 cm³/mol. The zero-order chi connectivity index (χ0) is 17.7. The van der Waals surface area contributed by atoms with Crippen molar-refractivity contribution in [2.45, 2.75) is 0 Å². The van der Waals surface area contributed by atoms with Crippen molar-refractivity contribution >= 4 is 39.2 Å². The van der Waals surface area contributed by atoms with E-state index in [1.165, 1.54) is 30.3 Å². The first kappa shape index (κ1) is 17.5. The van der Waals surface area contributed by atoms with Crippen molar-refractivity contribution < 1.29 is 23.6 Å². The number of amides is 1. The molecule has 0 heterocycles. The van der Waals surface area contributed by atoms with Crippen LogP contribution >= 0.6 is 15.9 Å². The molecule has 7 nitrogen and oxygen atoms in total. The number of nitro groups is 1. The lowest BCUT2D eigenvalue weighted by molar-refractivity contribution is -0.384. The number of hydrogen-bond donors (Lipinski definition) is 1. The van der Waals surface area contributed by atoms with Gasteiger partial charge in [-0.3, -0.25) is 14.9 Å². The lowest BCUT2D eigenvalue weighted by Crippen LogP contribution is -2.21. The van der Waals surface area contributed by atoms with Crippen LogP contribution in [0.1, 0.15) is 10.4 Å². The number of nitrogens with zero attached hydrogens (tertiary/aromatic N) is 1. The molecule has 0 aromatic heterocycles. The molecular weight excluding hydrogens is 387 g/mol. The van der Waals surface area contributed by atoms with Crippen LogP contribution in [0.4, 0.5) is 15.8 Å². The Labute approximate surface area is 143 Å². The van der Waals surface area contributed by atoms with Gasteiger partial charge in [0.2, 0.25) is 0 Å². The summed E-state index contributed by atoms with van der Waals surface area (Å²) in [6.07, 6.45) is 0. The summed E-state index contributed by atoms with van der Waals surface area (Å²) < 4.78 is 18.0. The van der Waals surface area contributed by atoms with Crippen LogP contribution in [0.25, 0.3) is 0 Å². The molecule has 0 aliphatic carbocycles. The number of ether oxygens (including phenoxy) is 1. The zero-order valence-corrected chi connectivity index (χ0v) is 13.6. The van der Waals surface area contributed by atoms with Crippen LogP contribution in [-0.2, 0) is 9.53 Å². The number of rotatable bonds is 5. The van der Waals surface area contributed by atoms with Crippen LogP contribution < -0.4 is 5.32 Å². The number of nitrogens with one attached hydrogen (secondary N) is 1. The quantitative estimate of drug-likeness (QED) is 0.474. The molecule has 24 heavy (non-hydrogen) atoms. The molecule has 1 amide bonds. The largest absolute Gasteiger partial charge is 0.452 e. The first-order valence-corrected chi connectivity index (χ1v) is 7.32. The van der Waals surface area contributed by atoms with Gasteiger partial charge in [-0.2, -0.15) is 0 Å². The van der Waals surface area contributed by atoms with Gasteiger partial charge in [-0.05, 0) is 46.3 Å². The number of carbonyl (C=O) groups excluding carboxylic acids is 2. The molecule has 0 spiro atoms. The average molecular weight is 397 g/mol. The number of benzene rings is 2. The molecule has 0 aliphatic heterocycles. The zero-order valence-electron chi connectivity index (χ0n) is 12.0. The molecule has 9 heteroatoms.